The molecule has 4 heterocycles. The Morgan fingerprint density at radius 3 is 2.25 bits per heavy atom. The van der Waals surface area contributed by atoms with Crippen molar-refractivity contribution < 1.29 is 19.1 Å². The van der Waals surface area contributed by atoms with E-state index in [1.807, 2.05) is 15.9 Å². The molecule has 4 aliphatic heterocycles. The van der Waals surface area contributed by atoms with Gasteiger partial charge in [-0.05, 0) is 43.6 Å². The Bertz CT molecular complexity index is 875. The number of rotatable bonds is 4. The van der Waals surface area contributed by atoms with Crippen LogP contribution in [0.25, 0.3) is 0 Å². The van der Waals surface area contributed by atoms with Crippen molar-refractivity contribution in [1.29, 1.82) is 0 Å². The number of benzene rings is 1. The number of halogens is 2. The summed E-state index contributed by atoms with van der Waals surface area (Å²) in [4.78, 5) is 33.1. The number of carbonyl (C=O) groups is 2. The molecule has 1 unspecified atom stereocenters. The molecule has 0 N–H and O–H groups in total. The maximum atomic E-state index is 13.5. The Hall–Kier alpha value is -1.38. The Kier molecular flexibility index (Phi) is 6.63. The first kappa shape index (κ1) is 22.4. The Labute approximate surface area is 198 Å². The Morgan fingerprint density at radius 1 is 0.875 bits per heavy atom. The van der Waals surface area contributed by atoms with E-state index in [0.29, 0.717) is 49.6 Å². The van der Waals surface area contributed by atoms with Crippen molar-refractivity contribution in [1.82, 2.24) is 14.7 Å². The first-order valence-corrected chi connectivity index (χ1v) is 12.2. The van der Waals surface area contributed by atoms with Crippen LogP contribution in [0.2, 0.25) is 10.0 Å². The molecular weight excluding hydrogens is 453 g/mol. The maximum Gasteiger partial charge on any atom is 0.230 e. The van der Waals surface area contributed by atoms with Gasteiger partial charge in [-0.1, -0.05) is 29.3 Å². The van der Waals surface area contributed by atoms with Crippen LogP contribution >= 0.6 is 23.2 Å². The first-order chi connectivity index (χ1) is 15.5. The summed E-state index contributed by atoms with van der Waals surface area (Å²) in [5.74, 6) is 0.123. The average Bonchev–Trinajstić information content (AvgIpc) is 3.28. The smallest absolute Gasteiger partial charge is 0.230 e. The molecular formula is C23H29Cl2N3O4. The van der Waals surface area contributed by atoms with Crippen LogP contribution in [0.5, 0.6) is 0 Å². The number of likely N-dealkylation sites (tertiary alicyclic amines) is 1. The highest BCUT2D eigenvalue weighted by molar-refractivity contribution is 6.42. The van der Waals surface area contributed by atoms with Gasteiger partial charge in [0, 0.05) is 13.1 Å². The highest BCUT2D eigenvalue weighted by Gasteiger charge is 2.50. The predicted octanol–water partition coefficient (Wildman–Crippen LogP) is 2.08. The summed E-state index contributed by atoms with van der Waals surface area (Å²) in [6.07, 6.45) is 2.58. The van der Waals surface area contributed by atoms with E-state index in [0.717, 1.165) is 31.5 Å². The molecule has 0 radical (unpaired) electrons. The molecule has 0 aliphatic carbocycles. The molecule has 32 heavy (non-hydrogen) atoms. The SMILES string of the molecule is O=C(C1COC1)N1CCN(C(=O)Cc2ccc(Cl)c(Cl)c2)[C@@H]2C(N3CCCC3)COC[C@H]21. The van der Waals surface area contributed by atoms with E-state index in [-0.39, 0.29) is 42.3 Å². The molecule has 2 amide bonds. The van der Waals surface area contributed by atoms with Crippen LogP contribution in [0.4, 0.5) is 0 Å². The number of amides is 2. The molecule has 1 aromatic rings. The molecule has 174 valence electrons. The molecule has 7 nitrogen and oxygen atoms in total. The lowest BCUT2D eigenvalue weighted by Gasteiger charge is -2.55. The van der Waals surface area contributed by atoms with Gasteiger partial charge in [0.25, 0.3) is 0 Å². The van der Waals surface area contributed by atoms with E-state index < -0.39 is 0 Å². The van der Waals surface area contributed by atoms with Crippen molar-refractivity contribution in [2.45, 2.75) is 37.4 Å². The summed E-state index contributed by atoms with van der Waals surface area (Å²) in [6, 6.07) is 5.24. The molecule has 9 heteroatoms. The predicted molar refractivity (Wildman–Crippen MR) is 121 cm³/mol. The van der Waals surface area contributed by atoms with Crippen LogP contribution in [0.1, 0.15) is 18.4 Å². The fourth-order valence-electron chi connectivity index (χ4n) is 5.48. The van der Waals surface area contributed by atoms with Crippen molar-refractivity contribution in [3.63, 3.8) is 0 Å². The van der Waals surface area contributed by atoms with Gasteiger partial charge in [0.1, 0.15) is 0 Å². The second-order valence-corrected chi connectivity index (χ2v) is 10.00. The van der Waals surface area contributed by atoms with Gasteiger partial charge in [-0.15, -0.1) is 0 Å². The lowest BCUT2D eigenvalue weighted by molar-refractivity contribution is -0.173. The van der Waals surface area contributed by atoms with Gasteiger partial charge in [0.15, 0.2) is 0 Å². The van der Waals surface area contributed by atoms with E-state index >= 15 is 0 Å². The third-order valence-corrected chi connectivity index (χ3v) is 7.99. The summed E-state index contributed by atoms with van der Waals surface area (Å²) in [5.41, 5.74) is 0.843. The van der Waals surface area contributed by atoms with Crippen LogP contribution in [-0.2, 0) is 25.5 Å². The van der Waals surface area contributed by atoms with E-state index in [1.165, 1.54) is 0 Å². The third-order valence-electron chi connectivity index (χ3n) is 7.25. The summed E-state index contributed by atoms with van der Waals surface area (Å²) in [6.45, 7) is 5.11. The molecule has 0 saturated carbocycles. The molecule has 4 saturated heterocycles. The molecule has 5 rings (SSSR count). The number of ether oxygens (including phenoxy) is 2. The zero-order valence-electron chi connectivity index (χ0n) is 18.1. The molecule has 4 aliphatic rings. The molecule has 0 bridgehead atoms. The minimum absolute atomic E-state index is 0.0589. The minimum Gasteiger partial charge on any atom is -0.380 e. The van der Waals surface area contributed by atoms with Gasteiger partial charge in [-0.2, -0.15) is 0 Å². The quantitative estimate of drug-likeness (QED) is 0.658. The molecule has 3 atom stereocenters. The summed E-state index contributed by atoms with van der Waals surface area (Å²) < 4.78 is 11.3. The van der Waals surface area contributed by atoms with Gasteiger partial charge in [-0.25, -0.2) is 0 Å². The van der Waals surface area contributed by atoms with Crippen LogP contribution in [0, 0.1) is 5.92 Å². The number of fused-ring (bicyclic) bond motifs is 1. The minimum atomic E-state index is -0.131. The molecule has 0 spiro atoms. The number of nitrogens with zero attached hydrogens (tertiary/aromatic N) is 3. The van der Waals surface area contributed by atoms with Gasteiger partial charge in [0.05, 0.1) is 66.9 Å². The molecule has 0 aromatic heterocycles. The van der Waals surface area contributed by atoms with Crippen LogP contribution in [0.3, 0.4) is 0 Å². The van der Waals surface area contributed by atoms with E-state index in [2.05, 4.69) is 4.90 Å². The van der Waals surface area contributed by atoms with Crippen LogP contribution in [0.15, 0.2) is 18.2 Å². The van der Waals surface area contributed by atoms with Crippen LogP contribution < -0.4 is 0 Å². The second-order valence-electron chi connectivity index (χ2n) is 9.18. The van der Waals surface area contributed by atoms with Gasteiger partial charge >= 0.3 is 0 Å². The zero-order valence-corrected chi connectivity index (χ0v) is 19.6. The third kappa shape index (κ3) is 4.26. The fraction of sp³-hybridized carbons (Fsp3) is 0.652. The van der Waals surface area contributed by atoms with E-state index in [4.69, 9.17) is 32.7 Å². The number of carbonyl (C=O) groups excluding carboxylic acids is 2. The fourth-order valence-corrected chi connectivity index (χ4v) is 5.80. The largest absolute Gasteiger partial charge is 0.380 e. The van der Waals surface area contributed by atoms with Gasteiger partial charge in [0.2, 0.25) is 11.8 Å². The zero-order chi connectivity index (χ0) is 22.2. The average molecular weight is 482 g/mol. The summed E-state index contributed by atoms with van der Waals surface area (Å²) in [7, 11) is 0. The summed E-state index contributed by atoms with van der Waals surface area (Å²) in [5, 5.41) is 0.933. The number of hydrogen-bond acceptors (Lipinski definition) is 5. The lowest BCUT2D eigenvalue weighted by atomic mass is 9.89. The van der Waals surface area contributed by atoms with Crippen molar-refractivity contribution in [3.05, 3.63) is 33.8 Å². The maximum absolute atomic E-state index is 13.5. The first-order valence-electron chi connectivity index (χ1n) is 11.5. The standard InChI is InChI=1S/C23H29Cl2N3O4/c24-17-4-3-15(9-18(17)25)10-21(29)28-8-7-27(23(30)16-11-31-12-16)20-14-32-13-19(22(20)28)26-5-1-2-6-26/h3-4,9,16,19-20,22H,1-2,5-8,10-14H2/t19?,20-,22-/m1/s1. The highest BCUT2D eigenvalue weighted by atomic mass is 35.5. The lowest BCUT2D eigenvalue weighted by Crippen LogP contribution is -2.73. The van der Waals surface area contributed by atoms with Crippen molar-refractivity contribution >= 4 is 35.0 Å². The Morgan fingerprint density at radius 2 is 1.56 bits per heavy atom. The van der Waals surface area contributed by atoms with E-state index in [1.54, 1.807) is 12.1 Å². The number of piperazine rings is 1. The normalized spacial score (nSPS) is 29.0. The molecule has 4 fully saturated rings. The number of hydrogen-bond donors (Lipinski definition) is 0. The van der Waals surface area contributed by atoms with Crippen LogP contribution in [-0.4, -0.2) is 97.2 Å². The van der Waals surface area contributed by atoms with Crippen molar-refractivity contribution in [2.24, 2.45) is 5.92 Å². The summed E-state index contributed by atoms with van der Waals surface area (Å²) >= 11 is 12.2. The topological polar surface area (TPSA) is 62.3 Å². The monoisotopic (exact) mass is 481 g/mol. The van der Waals surface area contributed by atoms with Crippen molar-refractivity contribution in [2.75, 3.05) is 52.6 Å². The highest BCUT2D eigenvalue weighted by Crippen LogP contribution is 2.32. The van der Waals surface area contributed by atoms with Gasteiger partial charge in [-0.3, -0.25) is 14.5 Å². The molecule has 1 aromatic carbocycles. The van der Waals surface area contributed by atoms with Crippen molar-refractivity contribution in [3.8, 4) is 0 Å². The van der Waals surface area contributed by atoms with Gasteiger partial charge < -0.3 is 19.3 Å². The second kappa shape index (κ2) is 9.47. The van der Waals surface area contributed by atoms with E-state index in [9.17, 15) is 9.59 Å². The Balaban J connectivity index is 1.40.